The van der Waals surface area contributed by atoms with Crippen molar-refractivity contribution in [2.45, 2.75) is 38.3 Å². The zero-order valence-corrected chi connectivity index (χ0v) is 12.7. The number of halogens is 2. The summed E-state index contributed by atoms with van der Waals surface area (Å²) in [4.78, 5) is 0. The molecule has 19 heavy (non-hydrogen) atoms. The highest BCUT2D eigenvalue weighted by Crippen LogP contribution is 2.39. The van der Waals surface area contributed by atoms with Crippen LogP contribution in [0, 0.1) is 5.92 Å². The minimum Gasteiger partial charge on any atom is -0.508 e. The summed E-state index contributed by atoms with van der Waals surface area (Å²) in [5, 5.41) is 14.2. The van der Waals surface area contributed by atoms with Crippen molar-refractivity contribution in [1.29, 1.82) is 0 Å². The molecule has 0 spiro atoms. The molecule has 0 aromatic heterocycles. The summed E-state index contributed by atoms with van der Waals surface area (Å²) >= 11 is 11.9. The molecule has 0 bridgehead atoms. The third-order valence-electron chi connectivity index (χ3n) is 3.83. The highest BCUT2D eigenvalue weighted by atomic mass is 35.5. The number of nitrogens with two attached hydrogens (primary N) is 1. The van der Waals surface area contributed by atoms with E-state index in [1.807, 2.05) is 0 Å². The van der Waals surface area contributed by atoms with Crippen molar-refractivity contribution < 1.29 is 5.11 Å². The zero-order chi connectivity index (χ0) is 14.2. The van der Waals surface area contributed by atoms with Crippen molar-refractivity contribution in [2.24, 2.45) is 11.7 Å². The zero-order valence-electron chi connectivity index (χ0n) is 11.2. The molecule has 0 saturated carbocycles. The first-order chi connectivity index (χ1) is 8.80. The number of nitrogens with one attached hydrogen (secondary N) is 1. The fourth-order valence-corrected chi connectivity index (χ4v) is 3.13. The topological polar surface area (TPSA) is 58.3 Å². The second-order valence-corrected chi connectivity index (χ2v) is 6.73. The van der Waals surface area contributed by atoms with E-state index in [-0.39, 0.29) is 17.3 Å². The molecule has 1 fully saturated rings. The van der Waals surface area contributed by atoms with Gasteiger partial charge in [-0.05, 0) is 45.2 Å². The highest BCUT2D eigenvalue weighted by molar-refractivity contribution is 6.42. The molecule has 0 radical (unpaired) electrons. The Kier molecular flexibility index (Phi) is 4.31. The van der Waals surface area contributed by atoms with Crippen LogP contribution in [0.5, 0.6) is 5.75 Å². The molecule has 0 amide bonds. The molecule has 1 heterocycles. The Balaban J connectivity index is 2.24. The van der Waals surface area contributed by atoms with Gasteiger partial charge in [0, 0.05) is 23.2 Å². The fraction of sp³-hybridized carbons (Fsp3) is 0.571. The van der Waals surface area contributed by atoms with Gasteiger partial charge in [0.2, 0.25) is 0 Å². The Morgan fingerprint density at radius 3 is 2.63 bits per heavy atom. The van der Waals surface area contributed by atoms with Gasteiger partial charge in [0.25, 0.3) is 0 Å². The first-order valence-corrected chi connectivity index (χ1v) is 7.24. The molecular weight excluding hydrogens is 283 g/mol. The average molecular weight is 303 g/mol. The molecule has 106 valence electrons. The van der Waals surface area contributed by atoms with E-state index in [9.17, 15) is 5.11 Å². The van der Waals surface area contributed by atoms with Crippen LogP contribution in [0.15, 0.2) is 12.1 Å². The summed E-state index contributed by atoms with van der Waals surface area (Å²) in [7, 11) is 0. The Hall–Kier alpha value is -0.480. The molecule has 1 saturated heterocycles. The maximum Gasteiger partial charge on any atom is 0.121 e. The predicted octanol–water partition coefficient (Wildman–Crippen LogP) is 3.48. The van der Waals surface area contributed by atoms with Crippen LogP contribution in [0.2, 0.25) is 10.0 Å². The van der Waals surface area contributed by atoms with Gasteiger partial charge < -0.3 is 16.2 Å². The van der Waals surface area contributed by atoms with Crippen LogP contribution in [-0.4, -0.2) is 17.2 Å². The van der Waals surface area contributed by atoms with Crippen molar-refractivity contribution >= 4 is 23.2 Å². The summed E-state index contributed by atoms with van der Waals surface area (Å²) in [6, 6.07) is 2.92. The van der Waals surface area contributed by atoms with E-state index in [0.717, 1.165) is 19.4 Å². The SMILES string of the molecule is CC1(C)C[C@H]([C@H](N)c2cc(Cl)c(Cl)cc2O)CCN1. The summed E-state index contributed by atoms with van der Waals surface area (Å²) in [5.74, 6) is 0.442. The van der Waals surface area contributed by atoms with Crippen LogP contribution in [0.1, 0.15) is 38.3 Å². The monoisotopic (exact) mass is 302 g/mol. The van der Waals surface area contributed by atoms with Gasteiger partial charge in [-0.3, -0.25) is 0 Å². The van der Waals surface area contributed by atoms with Crippen molar-refractivity contribution in [3.63, 3.8) is 0 Å². The first kappa shape index (κ1) is 14.9. The number of phenolic OH excluding ortho intramolecular Hbond substituents is 1. The Bertz CT molecular complexity index is 477. The summed E-state index contributed by atoms with van der Waals surface area (Å²) < 4.78 is 0. The van der Waals surface area contributed by atoms with Crippen molar-refractivity contribution in [3.8, 4) is 5.75 Å². The maximum atomic E-state index is 10.0. The third-order valence-corrected chi connectivity index (χ3v) is 4.55. The van der Waals surface area contributed by atoms with Gasteiger partial charge in [0.05, 0.1) is 10.0 Å². The normalized spacial score (nSPS) is 24.2. The molecule has 2 atom stereocenters. The number of hydrogen-bond acceptors (Lipinski definition) is 3. The molecule has 0 aliphatic carbocycles. The molecular formula is C14H20Cl2N2O. The minimum atomic E-state index is -0.226. The summed E-state index contributed by atoms with van der Waals surface area (Å²) in [5.41, 5.74) is 7.07. The van der Waals surface area contributed by atoms with Gasteiger partial charge in [0.15, 0.2) is 0 Å². The van der Waals surface area contributed by atoms with Gasteiger partial charge in [0.1, 0.15) is 5.75 Å². The Labute approximate surface area is 124 Å². The minimum absolute atomic E-state index is 0.0758. The lowest BCUT2D eigenvalue weighted by molar-refractivity contribution is 0.204. The number of aromatic hydroxyl groups is 1. The van der Waals surface area contributed by atoms with Crippen LogP contribution in [0.25, 0.3) is 0 Å². The largest absolute Gasteiger partial charge is 0.508 e. The van der Waals surface area contributed by atoms with E-state index < -0.39 is 0 Å². The molecule has 2 rings (SSSR count). The van der Waals surface area contributed by atoms with E-state index >= 15 is 0 Å². The van der Waals surface area contributed by atoms with E-state index in [0.29, 0.717) is 21.5 Å². The summed E-state index contributed by atoms with van der Waals surface area (Å²) in [6.07, 6.45) is 1.96. The van der Waals surface area contributed by atoms with E-state index in [1.165, 1.54) is 6.07 Å². The highest BCUT2D eigenvalue weighted by Gasteiger charge is 2.32. The van der Waals surface area contributed by atoms with E-state index in [4.69, 9.17) is 28.9 Å². The van der Waals surface area contributed by atoms with Gasteiger partial charge in [-0.15, -0.1) is 0 Å². The smallest absolute Gasteiger partial charge is 0.121 e. The lowest BCUT2D eigenvalue weighted by atomic mass is 9.78. The van der Waals surface area contributed by atoms with Gasteiger partial charge >= 0.3 is 0 Å². The van der Waals surface area contributed by atoms with Crippen molar-refractivity contribution in [1.82, 2.24) is 5.32 Å². The van der Waals surface area contributed by atoms with Crippen LogP contribution in [0.3, 0.4) is 0 Å². The van der Waals surface area contributed by atoms with Crippen molar-refractivity contribution in [2.75, 3.05) is 6.54 Å². The molecule has 1 aromatic rings. The molecule has 0 unspecified atom stereocenters. The van der Waals surface area contributed by atoms with Crippen LogP contribution in [0.4, 0.5) is 0 Å². The number of phenols is 1. The number of benzene rings is 1. The Morgan fingerprint density at radius 2 is 2.00 bits per heavy atom. The molecule has 1 aromatic carbocycles. The Morgan fingerprint density at radius 1 is 1.37 bits per heavy atom. The third kappa shape index (κ3) is 3.34. The first-order valence-electron chi connectivity index (χ1n) is 6.49. The fourth-order valence-electron chi connectivity index (χ4n) is 2.80. The molecule has 1 aliphatic heterocycles. The second-order valence-electron chi connectivity index (χ2n) is 5.91. The number of hydrogen-bond donors (Lipinski definition) is 3. The molecule has 4 N–H and O–H groups in total. The summed E-state index contributed by atoms with van der Waals surface area (Å²) in [6.45, 7) is 5.27. The van der Waals surface area contributed by atoms with E-state index in [1.54, 1.807) is 6.07 Å². The maximum absolute atomic E-state index is 10.0. The van der Waals surface area contributed by atoms with Crippen LogP contribution in [-0.2, 0) is 0 Å². The van der Waals surface area contributed by atoms with E-state index in [2.05, 4.69) is 19.2 Å². The van der Waals surface area contributed by atoms with Gasteiger partial charge in [-0.2, -0.15) is 0 Å². The standard InChI is InChI=1S/C14H20Cl2N2O/c1-14(2)7-8(3-4-18-14)13(17)9-5-10(15)11(16)6-12(9)19/h5-6,8,13,18-19H,3-4,7,17H2,1-2H3/t8-,13+/m1/s1. The lowest BCUT2D eigenvalue weighted by Gasteiger charge is -2.39. The second kappa shape index (κ2) is 5.49. The quantitative estimate of drug-likeness (QED) is 0.784. The molecule has 5 heteroatoms. The van der Waals surface area contributed by atoms with Crippen molar-refractivity contribution in [3.05, 3.63) is 27.7 Å². The van der Waals surface area contributed by atoms with Crippen LogP contribution < -0.4 is 11.1 Å². The number of rotatable bonds is 2. The van der Waals surface area contributed by atoms with Crippen LogP contribution >= 0.6 is 23.2 Å². The molecule has 1 aliphatic rings. The predicted molar refractivity (Wildman–Crippen MR) is 79.9 cm³/mol. The van der Waals surface area contributed by atoms with Gasteiger partial charge in [-0.25, -0.2) is 0 Å². The molecule has 3 nitrogen and oxygen atoms in total. The lowest BCUT2D eigenvalue weighted by Crippen LogP contribution is -2.48. The van der Waals surface area contributed by atoms with Gasteiger partial charge in [-0.1, -0.05) is 23.2 Å². The number of piperidine rings is 1. The average Bonchev–Trinajstić information content (AvgIpc) is 2.31.